The topological polar surface area (TPSA) is 0 Å². The number of hydrogen-bond acceptors (Lipinski definition) is 1. The van der Waals surface area contributed by atoms with Gasteiger partial charge in [0.15, 0.2) is 0 Å². The van der Waals surface area contributed by atoms with Crippen LogP contribution in [-0.2, 0) is 6.42 Å². The molecule has 0 aliphatic heterocycles. The van der Waals surface area contributed by atoms with Crippen molar-refractivity contribution in [1.82, 2.24) is 0 Å². The third kappa shape index (κ3) is 1.37. The van der Waals surface area contributed by atoms with E-state index in [9.17, 15) is 0 Å². The van der Waals surface area contributed by atoms with Crippen LogP contribution in [0.3, 0.4) is 0 Å². The van der Waals surface area contributed by atoms with E-state index in [2.05, 4.69) is 38.3 Å². The van der Waals surface area contributed by atoms with Crippen LogP contribution in [0.2, 0.25) is 0 Å². The molecule has 0 aliphatic rings. The Balaban J connectivity index is 2.79. The van der Waals surface area contributed by atoms with Gasteiger partial charge >= 0.3 is 0 Å². The maximum Gasteiger partial charge on any atom is 0.0350 e. The molecule has 0 radical (unpaired) electrons. The lowest BCUT2D eigenvalue weighted by molar-refractivity contribution is 1.14. The fourth-order valence-electron chi connectivity index (χ4n) is 1.84. The maximum atomic E-state index is 2.32. The minimum atomic E-state index is 1.13. The fourth-order valence-corrected chi connectivity index (χ4v) is 2.92. The molecule has 0 atom stereocenters. The monoisotopic (exact) mass is 190 g/mol. The van der Waals surface area contributed by atoms with Gasteiger partial charge in [-0.3, -0.25) is 0 Å². The molecule has 0 nitrogen and oxygen atoms in total. The molecule has 0 spiro atoms. The van der Waals surface area contributed by atoms with Gasteiger partial charge in [0.2, 0.25) is 0 Å². The van der Waals surface area contributed by atoms with E-state index in [1.165, 1.54) is 26.8 Å². The van der Waals surface area contributed by atoms with Gasteiger partial charge in [0.05, 0.1) is 0 Å². The molecule has 0 bridgehead atoms. The number of fused-ring (bicyclic) bond motifs is 1. The van der Waals surface area contributed by atoms with Gasteiger partial charge in [-0.05, 0) is 53.8 Å². The van der Waals surface area contributed by atoms with Gasteiger partial charge in [0, 0.05) is 4.70 Å². The normalized spacial score (nSPS) is 11.0. The minimum absolute atomic E-state index is 1.13. The van der Waals surface area contributed by atoms with Gasteiger partial charge in [-0.2, -0.15) is 0 Å². The molecule has 2 aromatic rings. The molecule has 13 heavy (non-hydrogen) atoms. The van der Waals surface area contributed by atoms with Crippen molar-refractivity contribution in [3.63, 3.8) is 0 Å². The molecule has 68 valence electrons. The molecular weight excluding hydrogens is 176 g/mol. The highest BCUT2D eigenvalue weighted by atomic mass is 32.1. The second-order valence-electron chi connectivity index (χ2n) is 3.56. The lowest BCUT2D eigenvalue weighted by Crippen LogP contribution is -1.83. The van der Waals surface area contributed by atoms with Crippen molar-refractivity contribution >= 4 is 21.4 Å². The van der Waals surface area contributed by atoms with E-state index >= 15 is 0 Å². The first-order valence-electron chi connectivity index (χ1n) is 4.69. The lowest BCUT2D eigenvalue weighted by Gasteiger charge is -2.02. The first-order chi connectivity index (χ1) is 6.22. The van der Waals surface area contributed by atoms with Crippen LogP contribution in [0, 0.1) is 13.8 Å². The molecule has 1 heterocycles. The van der Waals surface area contributed by atoms with Crippen LogP contribution >= 0.6 is 11.3 Å². The van der Waals surface area contributed by atoms with Crippen molar-refractivity contribution < 1.29 is 0 Å². The van der Waals surface area contributed by atoms with Crippen LogP contribution in [0.25, 0.3) is 10.1 Å². The number of rotatable bonds is 1. The van der Waals surface area contributed by atoms with Gasteiger partial charge in [0.1, 0.15) is 0 Å². The highest BCUT2D eigenvalue weighted by molar-refractivity contribution is 7.17. The quantitative estimate of drug-likeness (QED) is 0.635. The van der Waals surface area contributed by atoms with Crippen LogP contribution in [-0.4, -0.2) is 0 Å². The Morgan fingerprint density at radius 1 is 1.15 bits per heavy atom. The molecule has 1 aromatic heterocycles. The Kier molecular flexibility index (Phi) is 2.12. The second-order valence-corrected chi connectivity index (χ2v) is 4.47. The molecule has 0 N–H and O–H groups in total. The van der Waals surface area contributed by atoms with Crippen LogP contribution in [0.15, 0.2) is 17.5 Å². The fraction of sp³-hybridized carbons (Fsp3) is 0.333. The Hall–Kier alpha value is -0.820. The standard InChI is InChI=1S/C12H14S/c1-4-10-5-8(2)12-9(3)7-13-11(12)6-10/h5-7H,4H2,1-3H3. The van der Waals surface area contributed by atoms with E-state index < -0.39 is 0 Å². The van der Waals surface area contributed by atoms with E-state index in [4.69, 9.17) is 0 Å². The van der Waals surface area contributed by atoms with E-state index in [0.717, 1.165) is 6.42 Å². The van der Waals surface area contributed by atoms with E-state index in [0.29, 0.717) is 0 Å². The third-order valence-electron chi connectivity index (χ3n) is 2.52. The summed E-state index contributed by atoms with van der Waals surface area (Å²) >= 11 is 1.86. The first-order valence-corrected chi connectivity index (χ1v) is 5.57. The number of benzene rings is 1. The van der Waals surface area contributed by atoms with Crippen molar-refractivity contribution in [2.45, 2.75) is 27.2 Å². The van der Waals surface area contributed by atoms with Crippen molar-refractivity contribution in [2.24, 2.45) is 0 Å². The van der Waals surface area contributed by atoms with Gasteiger partial charge < -0.3 is 0 Å². The van der Waals surface area contributed by atoms with Gasteiger partial charge in [-0.15, -0.1) is 11.3 Å². The summed E-state index contributed by atoms with van der Waals surface area (Å²) in [6.07, 6.45) is 1.13. The average Bonchev–Trinajstić information content (AvgIpc) is 2.48. The predicted molar refractivity (Wildman–Crippen MR) is 60.7 cm³/mol. The maximum absolute atomic E-state index is 2.32. The summed E-state index contributed by atoms with van der Waals surface area (Å²) in [4.78, 5) is 0. The zero-order valence-electron chi connectivity index (χ0n) is 8.35. The number of aryl methyl sites for hydroxylation is 3. The van der Waals surface area contributed by atoms with Crippen molar-refractivity contribution in [2.75, 3.05) is 0 Å². The first kappa shape index (κ1) is 8.76. The van der Waals surface area contributed by atoms with Crippen molar-refractivity contribution in [1.29, 1.82) is 0 Å². The second kappa shape index (κ2) is 3.15. The van der Waals surface area contributed by atoms with E-state index in [1.54, 1.807) is 0 Å². The Labute approximate surface area is 83.2 Å². The van der Waals surface area contributed by atoms with E-state index in [-0.39, 0.29) is 0 Å². The molecule has 0 amide bonds. The molecular formula is C12H14S. The molecule has 1 heteroatoms. The molecule has 2 rings (SSSR count). The van der Waals surface area contributed by atoms with Crippen LogP contribution in [0.1, 0.15) is 23.6 Å². The summed E-state index contributed by atoms with van der Waals surface area (Å²) in [6, 6.07) is 4.63. The highest BCUT2D eigenvalue weighted by Crippen LogP contribution is 2.29. The van der Waals surface area contributed by atoms with E-state index in [1.807, 2.05) is 11.3 Å². The molecule has 0 unspecified atom stereocenters. The number of hydrogen-bond donors (Lipinski definition) is 0. The predicted octanol–water partition coefficient (Wildman–Crippen LogP) is 4.08. The SMILES string of the molecule is CCc1cc(C)c2c(C)csc2c1. The summed E-state index contributed by atoms with van der Waals surface area (Å²) < 4.78 is 1.44. The molecule has 1 aromatic carbocycles. The summed E-state index contributed by atoms with van der Waals surface area (Å²) in [5, 5.41) is 3.71. The minimum Gasteiger partial charge on any atom is -0.144 e. The van der Waals surface area contributed by atoms with Crippen LogP contribution in [0.5, 0.6) is 0 Å². The summed E-state index contributed by atoms with van der Waals surface area (Å²) in [7, 11) is 0. The third-order valence-corrected chi connectivity index (χ3v) is 3.57. The van der Waals surface area contributed by atoms with Crippen LogP contribution in [0.4, 0.5) is 0 Å². The van der Waals surface area contributed by atoms with Crippen molar-refractivity contribution in [3.8, 4) is 0 Å². The summed E-state index contributed by atoms with van der Waals surface area (Å²) in [6.45, 7) is 6.61. The van der Waals surface area contributed by atoms with Crippen molar-refractivity contribution in [3.05, 3.63) is 34.2 Å². The van der Waals surface area contributed by atoms with Crippen LogP contribution < -0.4 is 0 Å². The Morgan fingerprint density at radius 2 is 1.92 bits per heavy atom. The van der Waals surface area contributed by atoms with Gasteiger partial charge in [-0.25, -0.2) is 0 Å². The zero-order chi connectivity index (χ0) is 9.42. The molecule has 0 aliphatic carbocycles. The summed E-state index contributed by atoms with van der Waals surface area (Å²) in [5.41, 5.74) is 4.29. The summed E-state index contributed by atoms with van der Waals surface area (Å²) in [5.74, 6) is 0. The molecule has 0 fully saturated rings. The molecule has 0 saturated heterocycles. The highest BCUT2D eigenvalue weighted by Gasteiger charge is 2.04. The zero-order valence-corrected chi connectivity index (χ0v) is 9.16. The van der Waals surface area contributed by atoms with Gasteiger partial charge in [-0.1, -0.05) is 13.0 Å². The average molecular weight is 190 g/mol. The lowest BCUT2D eigenvalue weighted by atomic mass is 10.0. The van der Waals surface area contributed by atoms with Gasteiger partial charge in [0.25, 0.3) is 0 Å². The number of thiophene rings is 1. The Morgan fingerprint density at radius 3 is 2.62 bits per heavy atom. The molecule has 0 saturated carbocycles. The smallest absolute Gasteiger partial charge is 0.0350 e. The Bertz CT molecular complexity index is 438. The largest absolute Gasteiger partial charge is 0.144 e.